The van der Waals surface area contributed by atoms with E-state index in [0.717, 1.165) is 19.4 Å². The van der Waals surface area contributed by atoms with E-state index in [2.05, 4.69) is 11.0 Å². The van der Waals surface area contributed by atoms with Crippen LogP contribution in [0.3, 0.4) is 0 Å². The van der Waals surface area contributed by atoms with E-state index < -0.39 is 12.7 Å². The van der Waals surface area contributed by atoms with Gasteiger partial charge in [0.1, 0.15) is 0 Å². The predicted octanol–water partition coefficient (Wildman–Crippen LogP) is 1.86. The summed E-state index contributed by atoms with van der Waals surface area (Å²) in [5.74, 6) is 0. The highest BCUT2D eigenvalue weighted by Gasteiger charge is 2.31. The summed E-state index contributed by atoms with van der Waals surface area (Å²) in [6.45, 7) is 2.46. The second-order valence-corrected chi connectivity index (χ2v) is 4.35. The molecule has 1 fully saturated rings. The summed E-state index contributed by atoms with van der Waals surface area (Å²) in [7, 11) is 0. The Morgan fingerprint density at radius 3 is 2.12 bits per heavy atom. The Morgan fingerprint density at radius 2 is 1.59 bits per heavy atom. The standard InChI is InChI=1S/C11H18F3N3/c12-11(13,14)10-17-8-6-16(7-9-17)5-3-1-2-4-15/h1-3,5-10H2. The van der Waals surface area contributed by atoms with Crippen molar-refractivity contribution in [3.05, 3.63) is 0 Å². The van der Waals surface area contributed by atoms with Gasteiger partial charge >= 0.3 is 6.18 Å². The Balaban J connectivity index is 2.11. The van der Waals surface area contributed by atoms with E-state index in [1.165, 1.54) is 4.90 Å². The number of unbranched alkanes of at least 4 members (excludes halogenated alkanes) is 2. The first kappa shape index (κ1) is 14.3. The van der Waals surface area contributed by atoms with Crippen LogP contribution in [0.25, 0.3) is 0 Å². The molecule has 0 spiro atoms. The van der Waals surface area contributed by atoms with E-state index in [-0.39, 0.29) is 0 Å². The molecule has 0 radical (unpaired) electrons. The van der Waals surface area contributed by atoms with Crippen molar-refractivity contribution in [3.8, 4) is 6.07 Å². The number of nitriles is 1. The summed E-state index contributed by atoms with van der Waals surface area (Å²) in [6.07, 6.45) is -1.70. The van der Waals surface area contributed by atoms with E-state index in [1.807, 2.05) is 0 Å². The first-order valence-corrected chi connectivity index (χ1v) is 5.90. The molecule has 0 atom stereocenters. The predicted molar refractivity (Wildman–Crippen MR) is 58.4 cm³/mol. The Kier molecular flexibility index (Phi) is 5.72. The van der Waals surface area contributed by atoms with E-state index in [4.69, 9.17) is 5.26 Å². The third kappa shape index (κ3) is 6.49. The second kappa shape index (κ2) is 6.82. The van der Waals surface area contributed by atoms with Gasteiger partial charge in [-0.3, -0.25) is 4.90 Å². The minimum Gasteiger partial charge on any atom is -0.301 e. The molecule has 17 heavy (non-hydrogen) atoms. The van der Waals surface area contributed by atoms with Crippen LogP contribution in [-0.2, 0) is 0 Å². The molecule has 1 aliphatic heterocycles. The van der Waals surface area contributed by atoms with Gasteiger partial charge in [-0.15, -0.1) is 0 Å². The number of rotatable bonds is 5. The van der Waals surface area contributed by atoms with Crippen LogP contribution in [0.15, 0.2) is 0 Å². The van der Waals surface area contributed by atoms with E-state index >= 15 is 0 Å². The summed E-state index contributed by atoms with van der Waals surface area (Å²) in [4.78, 5) is 3.62. The van der Waals surface area contributed by atoms with Crippen LogP contribution in [0.1, 0.15) is 19.3 Å². The van der Waals surface area contributed by atoms with Gasteiger partial charge in [-0.2, -0.15) is 18.4 Å². The van der Waals surface area contributed by atoms with Crippen molar-refractivity contribution >= 4 is 0 Å². The third-order valence-electron chi connectivity index (χ3n) is 2.88. The summed E-state index contributed by atoms with van der Waals surface area (Å²) >= 11 is 0. The Morgan fingerprint density at radius 1 is 1.00 bits per heavy atom. The lowest BCUT2D eigenvalue weighted by molar-refractivity contribution is -0.149. The quantitative estimate of drug-likeness (QED) is 0.697. The molecule has 0 aromatic carbocycles. The molecule has 0 unspecified atom stereocenters. The minimum atomic E-state index is -4.09. The SMILES string of the molecule is N#CCCCCN1CCN(CC(F)(F)F)CC1. The van der Waals surface area contributed by atoms with Gasteiger partial charge in [-0.05, 0) is 19.4 Å². The lowest BCUT2D eigenvalue weighted by Crippen LogP contribution is -2.49. The van der Waals surface area contributed by atoms with Crippen LogP contribution >= 0.6 is 0 Å². The number of nitrogens with zero attached hydrogens (tertiary/aromatic N) is 3. The van der Waals surface area contributed by atoms with Gasteiger partial charge in [0.2, 0.25) is 0 Å². The van der Waals surface area contributed by atoms with Crippen LogP contribution in [0.4, 0.5) is 13.2 Å². The zero-order valence-electron chi connectivity index (χ0n) is 9.84. The molecule has 0 saturated carbocycles. The fourth-order valence-electron chi connectivity index (χ4n) is 1.96. The third-order valence-corrected chi connectivity index (χ3v) is 2.88. The van der Waals surface area contributed by atoms with E-state index in [9.17, 15) is 13.2 Å². The normalized spacial score (nSPS) is 19.2. The van der Waals surface area contributed by atoms with Gasteiger partial charge in [0.15, 0.2) is 0 Å². The fraction of sp³-hybridized carbons (Fsp3) is 0.909. The van der Waals surface area contributed by atoms with Crippen molar-refractivity contribution in [2.75, 3.05) is 39.3 Å². The average molecular weight is 249 g/mol. The highest BCUT2D eigenvalue weighted by atomic mass is 19.4. The molecule has 0 aromatic heterocycles. The largest absolute Gasteiger partial charge is 0.401 e. The maximum Gasteiger partial charge on any atom is 0.401 e. The van der Waals surface area contributed by atoms with E-state index in [0.29, 0.717) is 32.6 Å². The molecule has 98 valence electrons. The van der Waals surface area contributed by atoms with Crippen LogP contribution in [0.2, 0.25) is 0 Å². The van der Waals surface area contributed by atoms with Crippen molar-refractivity contribution in [1.82, 2.24) is 9.80 Å². The van der Waals surface area contributed by atoms with Crippen molar-refractivity contribution in [1.29, 1.82) is 5.26 Å². The molecule has 1 rings (SSSR count). The van der Waals surface area contributed by atoms with Gasteiger partial charge in [0, 0.05) is 32.6 Å². The first-order valence-electron chi connectivity index (χ1n) is 5.90. The molecular weight excluding hydrogens is 231 g/mol. The Labute approximate surface area is 99.8 Å². The highest BCUT2D eigenvalue weighted by Crippen LogP contribution is 2.17. The Bertz CT molecular complexity index is 252. The van der Waals surface area contributed by atoms with Crippen molar-refractivity contribution < 1.29 is 13.2 Å². The summed E-state index contributed by atoms with van der Waals surface area (Å²) in [6, 6.07) is 2.09. The molecular formula is C11H18F3N3. The number of hydrogen-bond donors (Lipinski definition) is 0. The molecule has 6 heteroatoms. The van der Waals surface area contributed by atoms with Crippen molar-refractivity contribution in [2.45, 2.75) is 25.4 Å². The summed E-state index contributed by atoms with van der Waals surface area (Å²) < 4.78 is 36.4. The molecule has 3 nitrogen and oxygen atoms in total. The number of alkyl halides is 3. The topological polar surface area (TPSA) is 30.3 Å². The lowest BCUT2D eigenvalue weighted by Gasteiger charge is -2.34. The molecule has 0 N–H and O–H groups in total. The number of halogens is 3. The Hall–Kier alpha value is -0.800. The molecule has 1 aliphatic rings. The molecule has 0 amide bonds. The maximum atomic E-state index is 12.1. The highest BCUT2D eigenvalue weighted by molar-refractivity contribution is 4.74. The van der Waals surface area contributed by atoms with Crippen LogP contribution in [0, 0.1) is 11.3 Å². The van der Waals surface area contributed by atoms with Gasteiger partial charge in [0.05, 0.1) is 12.6 Å². The van der Waals surface area contributed by atoms with Gasteiger partial charge < -0.3 is 4.90 Å². The molecule has 0 aliphatic carbocycles. The molecule has 1 saturated heterocycles. The molecule has 0 aromatic rings. The van der Waals surface area contributed by atoms with Gasteiger partial charge in [-0.1, -0.05) is 0 Å². The first-order chi connectivity index (χ1) is 8.01. The fourth-order valence-corrected chi connectivity index (χ4v) is 1.96. The van der Waals surface area contributed by atoms with E-state index in [1.54, 1.807) is 0 Å². The molecule has 0 bridgehead atoms. The van der Waals surface area contributed by atoms with Crippen LogP contribution < -0.4 is 0 Å². The minimum absolute atomic E-state index is 0.484. The van der Waals surface area contributed by atoms with Crippen LogP contribution in [0.5, 0.6) is 0 Å². The van der Waals surface area contributed by atoms with Crippen molar-refractivity contribution in [2.24, 2.45) is 0 Å². The number of piperazine rings is 1. The second-order valence-electron chi connectivity index (χ2n) is 4.35. The summed E-state index contributed by atoms with van der Waals surface area (Å²) in [5.41, 5.74) is 0. The smallest absolute Gasteiger partial charge is 0.301 e. The van der Waals surface area contributed by atoms with Gasteiger partial charge in [-0.25, -0.2) is 0 Å². The van der Waals surface area contributed by atoms with Gasteiger partial charge in [0.25, 0.3) is 0 Å². The lowest BCUT2D eigenvalue weighted by atomic mass is 10.2. The monoisotopic (exact) mass is 249 g/mol. The van der Waals surface area contributed by atoms with Crippen molar-refractivity contribution in [3.63, 3.8) is 0 Å². The zero-order valence-corrected chi connectivity index (χ0v) is 9.84. The maximum absolute atomic E-state index is 12.1. The number of hydrogen-bond acceptors (Lipinski definition) is 3. The van der Waals surface area contributed by atoms with Crippen LogP contribution in [-0.4, -0.2) is 55.2 Å². The molecule has 1 heterocycles. The average Bonchev–Trinajstić information content (AvgIpc) is 2.25. The zero-order chi connectivity index (χ0) is 12.7. The summed E-state index contributed by atoms with van der Waals surface area (Å²) in [5, 5.41) is 8.37.